The molecule has 0 bridgehead atoms. The molecule has 0 saturated carbocycles. The van der Waals surface area contributed by atoms with E-state index in [1.165, 1.54) is 11.3 Å². The molecule has 1 N–H and O–H groups in total. The fourth-order valence-electron chi connectivity index (χ4n) is 1.31. The molecule has 1 fully saturated rings. The number of nitrogens with zero attached hydrogens (tertiary/aromatic N) is 3. The van der Waals surface area contributed by atoms with Gasteiger partial charge in [-0.05, 0) is 13.8 Å². The maximum absolute atomic E-state index is 8.76. The molecule has 1 aliphatic heterocycles. The van der Waals surface area contributed by atoms with E-state index >= 15 is 0 Å². The molecule has 1 aliphatic rings. The third-order valence-electron chi connectivity index (χ3n) is 2.08. The van der Waals surface area contributed by atoms with Crippen LogP contribution in [0.25, 0.3) is 0 Å². The van der Waals surface area contributed by atoms with Crippen LogP contribution < -0.4 is 3.64 Å². The first kappa shape index (κ1) is 10.6. The Kier molecular flexibility index (Phi) is 3.81. The van der Waals surface area contributed by atoms with E-state index in [4.69, 9.17) is 5.26 Å². The summed E-state index contributed by atoms with van der Waals surface area (Å²) in [6, 6.07) is 0. The molecule has 0 aromatic carbocycles. The highest BCUT2D eigenvalue weighted by atomic mass is 127. The highest BCUT2D eigenvalue weighted by Crippen LogP contribution is 2.14. The SMILES string of the molecule is CC(C)=C1CN(C#N)CCN1NI. The Morgan fingerprint density at radius 2 is 2.23 bits per heavy atom. The summed E-state index contributed by atoms with van der Waals surface area (Å²) in [5.41, 5.74) is 2.45. The molecule has 13 heavy (non-hydrogen) atoms. The Bertz CT molecular complexity index is 251. The lowest BCUT2D eigenvalue weighted by atomic mass is 10.2. The van der Waals surface area contributed by atoms with Crippen LogP contribution in [0.3, 0.4) is 0 Å². The van der Waals surface area contributed by atoms with Gasteiger partial charge in [0.25, 0.3) is 0 Å². The fraction of sp³-hybridized carbons (Fsp3) is 0.625. The van der Waals surface area contributed by atoms with Crippen molar-refractivity contribution < 1.29 is 0 Å². The van der Waals surface area contributed by atoms with Gasteiger partial charge < -0.3 is 4.90 Å². The molecule has 1 rings (SSSR count). The summed E-state index contributed by atoms with van der Waals surface area (Å²) in [7, 11) is 0. The molecule has 0 radical (unpaired) electrons. The molecule has 0 spiro atoms. The van der Waals surface area contributed by atoms with E-state index in [-0.39, 0.29) is 0 Å². The summed E-state index contributed by atoms with van der Waals surface area (Å²) in [6.07, 6.45) is 2.18. The van der Waals surface area contributed by atoms with Crippen LogP contribution in [0.4, 0.5) is 0 Å². The Hall–Kier alpha value is -0.480. The smallest absolute Gasteiger partial charge is 0.179 e. The zero-order chi connectivity index (χ0) is 9.84. The van der Waals surface area contributed by atoms with Gasteiger partial charge in [0, 0.05) is 35.1 Å². The molecule has 0 aromatic heterocycles. The Balaban J connectivity index is 2.76. The number of hydrazine groups is 1. The molecule has 1 heterocycles. The van der Waals surface area contributed by atoms with Gasteiger partial charge in [0.15, 0.2) is 6.19 Å². The number of rotatable bonds is 1. The first-order chi connectivity index (χ1) is 6.19. The van der Waals surface area contributed by atoms with Crippen molar-refractivity contribution in [3.05, 3.63) is 11.3 Å². The lowest BCUT2D eigenvalue weighted by molar-refractivity contribution is 0.215. The summed E-state index contributed by atoms with van der Waals surface area (Å²) in [5.74, 6) is 0. The highest BCUT2D eigenvalue weighted by Gasteiger charge is 2.19. The van der Waals surface area contributed by atoms with Crippen molar-refractivity contribution in [1.82, 2.24) is 13.5 Å². The minimum atomic E-state index is 0.717. The van der Waals surface area contributed by atoms with Crippen LogP contribution in [0.15, 0.2) is 11.3 Å². The molecule has 0 aromatic rings. The summed E-state index contributed by atoms with van der Waals surface area (Å²) in [5, 5.41) is 10.8. The van der Waals surface area contributed by atoms with Crippen LogP contribution in [0.5, 0.6) is 0 Å². The molecule has 0 atom stereocenters. The first-order valence-corrected chi connectivity index (χ1v) is 5.21. The summed E-state index contributed by atoms with van der Waals surface area (Å²) in [6.45, 7) is 6.50. The minimum absolute atomic E-state index is 0.717. The molecular formula is C8H13IN4. The summed E-state index contributed by atoms with van der Waals surface area (Å²) in [4.78, 5) is 1.77. The van der Waals surface area contributed by atoms with E-state index < -0.39 is 0 Å². The zero-order valence-corrected chi connectivity index (χ0v) is 10.00. The predicted molar refractivity (Wildman–Crippen MR) is 59.4 cm³/mol. The maximum atomic E-state index is 8.76. The molecular weight excluding hydrogens is 279 g/mol. The number of allylic oxidation sites excluding steroid dienone is 1. The fourth-order valence-corrected chi connectivity index (χ4v) is 1.84. The van der Waals surface area contributed by atoms with Crippen molar-refractivity contribution in [2.75, 3.05) is 19.6 Å². The van der Waals surface area contributed by atoms with Gasteiger partial charge in [-0.15, -0.1) is 0 Å². The van der Waals surface area contributed by atoms with Crippen LogP contribution in [0.1, 0.15) is 13.8 Å². The monoisotopic (exact) mass is 292 g/mol. The van der Waals surface area contributed by atoms with E-state index in [1.54, 1.807) is 4.90 Å². The van der Waals surface area contributed by atoms with Crippen molar-refractivity contribution >= 4 is 22.9 Å². The van der Waals surface area contributed by atoms with Crippen molar-refractivity contribution in [2.45, 2.75) is 13.8 Å². The second kappa shape index (κ2) is 4.67. The quantitative estimate of drug-likeness (QED) is 0.448. The van der Waals surface area contributed by atoms with E-state index in [1.807, 2.05) is 0 Å². The number of nitrogens with one attached hydrogen (secondary N) is 1. The van der Waals surface area contributed by atoms with Crippen LogP contribution in [0.2, 0.25) is 0 Å². The zero-order valence-electron chi connectivity index (χ0n) is 7.84. The van der Waals surface area contributed by atoms with Gasteiger partial charge in [-0.1, -0.05) is 5.57 Å². The topological polar surface area (TPSA) is 42.3 Å². The molecule has 0 aliphatic carbocycles. The van der Waals surface area contributed by atoms with Gasteiger partial charge in [0.1, 0.15) is 0 Å². The molecule has 0 unspecified atom stereocenters. The van der Waals surface area contributed by atoms with Crippen molar-refractivity contribution in [2.24, 2.45) is 0 Å². The Morgan fingerprint density at radius 3 is 2.69 bits per heavy atom. The van der Waals surface area contributed by atoms with E-state index in [2.05, 4.69) is 51.6 Å². The second-order valence-corrected chi connectivity index (χ2v) is 3.69. The number of hydrogen-bond donors (Lipinski definition) is 1. The van der Waals surface area contributed by atoms with Gasteiger partial charge in [-0.2, -0.15) is 8.90 Å². The molecule has 1 saturated heterocycles. The minimum Gasteiger partial charge on any atom is -0.303 e. The molecule has 4 nitrogen and oxygen atoms in total. The molecule has 0 amide bonds. The van der Waals surface area contributed by atoms with E-state index in [9.17, 15) is 0 Å². The number of piperazine rings is 1. The lowest BCUT2D eigenvalue weighted by Crippen LogP contribution is -2.46. The Morgan fingerprint density at radius 1 is 1.54 bits per heavy atom. The standard InChI is InChI=1S/C8H13IN4/c1-7(2)8-5-12(6-10)3-4-13(8)11-9/h11H,3-5H2,1-2H3. The summed E-state index contributed by atoms with van der Waals surface area (Å²) < 4.78 is 3.09. The predicted octanol–water partition coefficient (Wildman–Crippen LogP) is 1.23. The van der Waals surface area contributed by atoms with Gasteiger partial charge in [0.05, 0.1) is 13.1 Å². The van der Waals surface area contributed by atoms with Gasteiger partial charge in [-0.25, -0.2) is 0 Å². The molecule has 72 valence electrons. The largest absolute Gasteiger partial charge is 0.303 e. The van der Waals surface area contributed by atoms with Gasteiger partial charge in [-0.3, -0.25) is 5.01 Å². The number of halogens is 1. The Labute approximate surface area is 92.6 Å². The van der Waals surface area contributed by atoms with Crippen LogP contribution >= 0.6 is 22.9 Å². The number of nitriles is 1. The van der Waals surface area contributed by atoms with Crippen LogP contribution in [0, 0.1) is 11.5 Å². The van der Waals surface area contributed by atoms with Crippen LogP contribution in [-0.4, -0.2) is 29.5 Å². The second-order valence-electron chi connectivity index (χ2n) is 3.20. The summed E-state index contributed by atoms with van der Waals surface area (Å²) >= 11 is 2.11. The third kappa shape index (κ3) is 2.48. The van der Waals surface area contributed by atoms with Gasteiger partial charge >= 0.3 is 0 Å². The van der Waals surface area contributed by atoms with E-state index in [0.29, 0.717) is 0 Å². The maximum Gasteiger partial charge on any atom is 0.179 e. The average molecular weight is 292 g/mol. The average Bonchev–Trinajstić information content (AvgIpc) is 2.16. The highest BCUT2D eigenvalue weighted by molar-refractivity contribution is 14.1. The van der Waals surface area contributed by atoms with Crippen LogP contribution in [-0.2, 0) is 0 Å². The first-order valence-electron chi connectivity index (χ1n) is 4.14. The van der Waals surface area contributed by atoms with E-state index in [0.717, 1.165) is 19.6 Å². The third-order valence-corrected chi connectivity index (χ3v) is 2.66. The normalized spacial score (nSPS) is 17.2. The number of hydrogen-bond acceptors (Lipinski definition) is 4. The van der Waals surface area contributed by atoms with Crippen molar-refractivity contribution in [3.8, 4) is 6.19 Å². The molecule has 5 heteroatoms. The lowest BCUT2D eigenvalue weighted by Gasteiger charge is -2.35. The van der Waals surface area contributed by atoms with Crippen molar-refractivity contribution in [3.63, 3.8) is 0 Å². The van der Waals surface area contributed by atoms with Crippen molar-refractivity contribution in [1.29, 1.82) is 5.26 Å². The van der Waals surface area contributed by atoms with Gasteiger partial charge in [0.2, 0.25) is 0 Å².